The molecule has 0 aromatic heterocycles. The number of anilines is 1. The number of amides is 1. The van der Waals surface area contributed by atoms with Crippen LogP contribution in [0.5, 0.6) is 0 Å². The Morgan fingerprint density at radius 3 is 2.37 bits per heavy atom. The minimum absolute atomic E-state index is 0.0784. The summed E-state index contributed by atoms with van der Waals surface area (Å²) in [6, 6.07) is 7.61. The van der Waals surface area contributed by atoms with Crippen LogP contribution in [-0.2, 0) is 9.59 Å². The lowest BCUT2D eigenvalue weighted by Gasteiger charge is -2.10. The van der Waals surface area contributed by atoms with Crippen LogP contribution in [0.15, 0.2) is 24.3 Å². The summed E-state index contributed by atoms with van der Waals surface area (Å²) in [5, 5.41) is 16.5. The molecule has 0 aliphatic rings. The van der Waals surface area contributed by atoms with Crippen molar-refractivity contribution in [1.82, 2.24) is 10.6 Å². The van der Waals surface area contributed by atoms with Gasteiger partial charge < -0.3 is 21.1 Å². The van der Waals surface area contributed by atoms with Gasteiger partial charge in [-0.05, 0) is 31.3 Å². The Morgan fingerprint density at radius 1 is 1.16 bits per heavy atom. The average molecular weight is 281 g/mol. The quantitative estimate of drug-likeness (QED) is 0.587. The largest absolute Gasteiger partial charge is 0.480 e. The number of carbonyl (C=O) groups excluding carboxylic acids is 1. The second-order valence-electron chi connectivity index (χ2n) is 3.84. The number of aryl methyl sites for hydroxylation is 1. The molecule has 6 nitrogen and oxygen atoms in total. The topological polar surface area (TPSA) is 90.5 Å². The molecule has 0 radical (unpaired) electrons. The Morgan fingerprint density at radius 2 is 1.79 bits per heavy atom. The first-order valence-corrected chi connectivity index (χ1v) is 5.98. The molecule has 0 bridgehead atoms. The highest BCUT2D eigenvalue weighted by Crippen LogP contribution is 2.07. The standard InChI is InChI=1S/C12H15N3O3S/c1-8-2-4-9(5-3-8)15-12(19)14-6-10(16)13-7-11(17)18/h2-5H,6-7H2,1H3,(H,13,16)(H,17,18)(H2,14,15,19). The molecule has 0 unspecified atom stereocenters. The van der Waals surface area contributed by atoms with Crippen LogP contribution in [-0.4, -0.2) is 35.2 Å². The number of rotatable bonds is 5. The fraction of sp³-hybridized carbons (Fsp3) is 0.250. The van der Waals surface area contributed by atoms with Gasteiger partial charge in [0, 0.05) is 5.69 Å². The highest BCUT2D eigenvalue weighted by atomic mass is 32.1. The molecule has 0 atom stereocenters. The molecule has 0 aliphatic heterocycles. The molecule has 0 aliphatic carbocycles. The average Bonchev–Trinajstić information content (AvgIpc) is 2.36. The highest BCUT2D eigenvalue weighted by Gasteiger charge is 2.04. The lowest BCUT2D eigenvalue weighted by atomic mass is 10.2. The fourth-order valence-corrected chi connectivity index (χ4v) is 1.40. The van der Waals surface area contributed by atoms with Gasteiger partial charge in [-0.2, -0.15) is 0 Å². The van der Waals surface area contributed by atoms with Crippen LogP contribution >= 0.6 is 12.2 Å². The predicted octanol–water partition coefficient (Wildman–Crippen LogP) is 0.482. The third-order valence-corrected chi connectivity index (χ3v) is 2.40. The third kappa shape index (κ3) is 6.37. The van der Waals surface area contributed by atoms with Gasteiger partial charge in [-0.15, -0.1) is 0 Å². The number of carbonyl (C=O) groups is 2. The van der Waals surface area contributed by atoms with Crippen molar-refractivity contribution in [3.63, 3.8) is 0 Å². The first-order chi connectivity index (χ1) is 8.97. The van der Waals surface area contributed by atoms with E-state index in [1.54, 1.807) is 0 Å². The Labute approximate surface area is 116 Å². The zero-order valence-corrected chi connectivity index (χ0v) is 11.2. The van der Waals surface area contributed by atoms with E-state index in [9.17, 15) is 9.59 Å². The van der Waals surface area contributed by atoms with E-state index in [1.165, 1.54) is 0 Å². The normalized spacial score (nSPS) is 9.53. The number of carboxylic acid groups (broad SMARTS) is 1. The van der Waals surface area contributed by atoms with Crippen molar-refractivity contribution >= 4 is 34.9 Å². The molecule has 0 fully saturated rings. The zero-order chi connectivity index (χ0) is 14.3. The van der Waals surface area contributed by atoms with Gasteiger partial charge in [-0.1, -0.05) is 17.7 Å². The van der Waals surface area contributed by atoms with Crippen LogP contribution < -0.4 is 16.0 Å². The molecule has 7 heteroatoms. The molecule has 1 rings (SSSR count). The molecule has 1 aromatic rings. The van der Waals surface area contributed by atoms with Crippen LogP contribution in [0.4, 0.5) is 5.69 Å². The molecule has 19 heavy (non-hydrogen) atoms. The second-order valence-corrected chi connectivity index (χ2v) is 4.25. The molecule has 0 saturated heterocycles. The van der Waals surface area contributed by atoms with Gasteiger partial charge in [-0.25, -0.2) is 0 Å². The summed E-state index contributed by atoms with van der Waals surface area (Å²) in [6.45, 7) is 1.50. The Balaban J connectivity index is 2.29. The molecular weight excluding hydrogens is 266 g/mol. The van der Waals surface area contributed by atoms with Gasteiger partial charge in [0.15, 0.2) is 5.11 Å². The predicted molar refractivity (Wildman–Crippen MR) is 76.0 cm³/mol. The van der Waals surface area contributed by atoms with Crippen molar-refractivity contribution < 1.29 is 14.7 Å². The van der Waals surface area contributed by atoms with E-state index in [1.807, 2.05) is 31.2 Å². The van der Waals surface area contributed by atoms with Crippen molar-refractivity contribution in [3.8, 4) is 0 Å². The molecule has 1 aromatic carbocycles. The van der Waals surface area contributed by atoms with Crippen molar-refractivity contribution in [3.05, 3.63) is 29.8 Å². The molecule has 0 saturated carbocycles. The Kier molecular flexibility index (Phi) is 5.74. The summed E-state index contributed by atoms with van der Waals surface area (Å²) in [5.74, 6) is -1.52. The van der Waals surface area contributed by atoms with E-state index in [0.29, 0.717) is 5.11 Å². The maximum atomic E-state index is 11.2. The number of carboxylic acids is 1. The van der Waals surface area contributed by atoms with Crippen LogP contribution in [0.25, 0.3) is 0 Å². The second kappa shape index (κ2) is 7.32. The minimum atomic E-state index is -1.09. The van der Waals surface area contributed by atoms with Crippen LogP contribution in [0.1, 0.15) is 5.56 Å². The molecular formula is C12H15N3O3S. The molecule has 0 heterocycles. The van der Waals surface area contributed by atoms with E-state index < -0.39 is 18.4 Å². The molecule has 102 valence electrons. The SMILES string of the molecule is Cc1ccc(NC(=S)NCC(=O)NCC(=O)O)cc1. The van der Waals surface area contributed by atoms with Crippen LogP contribution in [0, 0.1) is 6.92 Å². The number of aliphatic carboxylic acids is 1. The third-order valence-electron chi connectivity index (χ3n) is 2.16. The Bertz CT molecular complexity index is 474. The van der Waals surface area contributed by atoms with Crippen molar-refractivity contribution in [1.29, 1.82) is 0 Å². The molecule has 0 spiro atoms. The van der Waals surface area contributed by atoms with Crippen molar-refractivity contribution in [2.45, 2.75) is 6.92 Å². The summed E-state index contributed by atoms with van der Waals surface area (Å²) >= 11 is 5.00. The number of hydrogen-bond donors (Lipinski definition) is 4. The lowest BCUT2D eigenvalue weighted by Crippen LogP contribution is -2.40. The van der Waals surface area contributed by atoms with E-state index in [4.69, 9.17) is 17.3 Å². The Hall–Kier alpha value is -2.15. The number of thiocarbonyl (C=S) groups is 1. The molecule has 4 N–H and O–H groups in total. The van der Waals surface area contributed by atoms with Crippen LogP contribution in [0.2, 0.25) is 0 Å². The summed E-state index contributed by atoms with van der Waals surface area (Å²) < 4.78 is 0. The zero-order valence-electron chi connectivity index (χ0n) is 10.4. The van der Waals surface area contributed by atoms with Gasteiger partial charge in [0.25, 0.3) is 0 Å². The first-order valence-electron chi connectivity index (χ1n) is 5.57. The number of benzene rings is 1. The van der Waals surface area contributed by atoms with Gasteiger partial charge in [0.1, 0.15) is 6.54 Å². The summed E-state index contributed by atoms with van der Waals surface area (Å²) in [5.41, 5.74) is 1.95. The summed E-state index contributed by atoms with van der Waals surface area (Å²) in [7, 11) is 0. The smallest absolute Gasteiger partial charge is 0.322 e. The van der Waals surface area contributed by atoms with Gasteiger partial charge in [0.2, 0.25) is 5.91 Å². The van der Waals surface area contributed by atoms with E-state index in [-0.39, 0.29) is 6.54 Å². The maximum absolute atomic E-state index is 11.2. The lowest BCUT2D eigenvalue weighted by molar-refractivity contribution is -0.137. The van der Waals surface area contributed by atoms with Gasteiger partial charge in [-0.3, -0.25) is 9.59 Å². The van der Waals surface area contributed by atoms with Crippen molar-refractivity contribution in [2.24, 2.45) is 0 Å². The van der Waals surface area contributed by atoms with Gasteiger partial charge >= 0.3 is 5.97 Å². The molecule has 1 amide bonds. The van der Waals surface area contributed by atoms with Crippen molar-refractivity contribution in [2.75, 3.05) is 18.4 Å². The summed E-state index contributed by atoms with van der Waals surface area (Å²) in [4.78, 5) is 21.5. The van der Waals surface area contributed by atoms with Crippen LogP contribution in [0.3, 0.4) is 0 Å². The van der Waals surface area contributed by atoms with Gasteiger partial charge in [0.05, 0.1) is 6.54 Å². The monoisotopic (exact) mass is 281 g/mol. The first kappa shape index (κ1) is 14.9. The number of nitrogens with one attached hydrogen (secondary N) is 3. The number of hydrogen-bond acceptors (Lipinski definition) is 3. The maximum Gasteiger partial charge on any atom is 0.322 e. The van der Waals surface area contributed by atoms with E-state index in [2.05, 4.69) is 16.0 Å². The van der Waals surface area contributed by atoms with E-state index >= 15 is 0 Å². The minimum Gasteiger partial charge on any atom is -0.480 e. The fourth-order valence-electron chi connectivity index (χ4n) is 1.21. The summed E-state index contributed by atoms with van der Waals surface area (Å²) in [6.07, 6.45) is 0. The highest BCUT2D eigenvalue weighted by molar-refractivity contribution is 7.80. The van der Waals surface area contributed by atoms with E-state index in [0.717, 1.165) is 11.3 Å².